The average molecular weight is 266 g/mol. The molecule has 3 atom stereocenters. The molecular formula is C15H30N4. The Morgan fingerprint density at radius 2 is 2.00 bits per heavy atom. The van der Waals surface area contributed by atoms with E-state index < -0.39 is 0 Å². The van der Waals surface area contributed by atoms with Crippen LogP contribution in [0.15, 0.2) is 0 Å². The third-order valence-electron chi connectivity index (χ3n) is 5.68. The number of rotatable bonds is 4. The van der Waals surface area contributed by atoms with E-state index in [2.05, 4.69) is 35.7 Å². The van der Waals surface area contributed by atoms with Crippen LogP contribution in [0.4, 0.5) is 0 Å². The molecule has 3 aliphatic rings. The SMILES string of the molecule is CC1CC(CN)(N2CCC(N(C)C)C2)CN1C1CC1. The van der Waals surface area contributed by atoms with Gasteiger partial charge in [0.15, 0.2) is 0 Å². The molecule has 19 heavy (non-hydrogen) atoms. The van der Waals surface area contributed by atoms with Gasteiger partial charge < -0.3 is 10.6 Å². The van der Waals surface area contributed by atoms with E-state index in [1.165, 1.54) is 45.3 Å². The largest absolute Gasteiger partial charge is 0.329 e. The molecule has 0 bridgehead atoms. The Bertz CT molecular complexity index is 328. The molecule has 0 spiro atoms. The lowest BCUT2D eigenvalue weighted by Crippen LogP contribution is -2.55. The third kappa shape index (κ3) is 2.44. The molecule has 3 fully saturated rings. The Hall–Kier alpha value is -0.160. The summed E-state index contributed by atoms with van der Waals surface area (Å²) in [5.74, 6) is 0. The van der Waals surface area contributed by atoms with Crippen molar-refractivity contribution in [3.8, 4) is 0 Å². The van der Waals surface area contributed by atoms with Gasteiger partial charge in [0.1, 0.15) is 0 Å². The lowest BCUT2D eigenvalue weighted by molar-refractivity contribution is 0.117. The minimum absolute atomic E-state index is 0.257. The first-order valence-corrected chi connectivity index (χ1v) is 7.93. The average Bonchev–Trinajstić information content (AvgIpc) is 2.98. The highest BCUT2D eigenvalue weighted by atomic mass is 15.4. The molecule has 0 radical (unpaired) electrons. The van der Waals surface area contributed by atoms with Crippen molar-refractivity contribution in [2.24, 2.45) is 5.73 Å². The van der Waals surface area contributed by atoms with Gasteiger partial charge in [0.05, 0.1) is 0 Å². The van der Waals surface area contributed by atoms with E-state index >= 15 is 0 Å². The predicted molar refractivity (Wildman–Crippen MR) is 79.3 cm³/mol. The normalized spacial score (nSPS) is 41.5. The van der Waals surface area contributed by atoms with E-state index in [1.54, 1.807) is 0 Å². The maximum Gasteiger partial charge on any atom is 0.0474 e. The second-order valence-corrected chi connectivity index (χ2v) is 7.24. The fourth-order valence-electron chi connectivity index (χ4n) is 4.22. The predicted octanol–water partition coefficient (Wildman–Crippen LogP) is 0.576. The molecule has 1 aliphatic carbocycles. The number of likely N-dealkylation sites (N-methyl/N-ethyl adjacent to an activating group) is 1. The fourth-order valence-corrected chi connectivity index (χ4v) is 4.22. The molecule has 0 aromatic carbocycles. The first-order valence-electron chi connectivity index (χ1n) is 7.93. The summed E-state index contributed by atoms with van der Waals surface area (Å²) in [6.45, 7) is 6.85. The summed E-state index contributed by atoms with van der Waals surface area (Å²) in [5, 5.41) is 0. The molecule has 2 saturated heterocycles. The van der Waals surface area contributed by atoms with Crippen molar-refractivity contribution in [1.82, 2.24) is 14.7 Å². The molecule has 3 rings (SSSR count). The van der Waals surface area contributed by atoms with Crippen molar-refractivity contribution in [2.45, 2.75) is 56.3 Å². The Kier molecular flexibility index (Phi) is 3.63. The summed E-state index contributed by atoms with van der Waals surface area (Å²) in [4.78, 5) is 7.81. The number of hydrogen-bond acceptors (Lipinski definition) is 4. The Balaban J connectivity index is 1.70. The van der Waals surface area contributed by atoms with E-state index in [0.29, 0.717) is 6.04 Å². The topological polar surface area (TPSA) is 35.7 Å². The molecular weight excluding hydrogens is 236 g/mol. The van der Waals surface area contributed by atoms with Crippen LogP contribution in [0.5, 0.6) is 0 Å². The summed E-state index contributed by atoms with van der Waals surface area (Å²) in [7, 11) is 4.41. The van der Waals surface area contributed by atoms with Gasteiger partial charge in [-0.3, -0.25) is 9.80 Å². The smallest absolute Gasteiger partial charge is 0.0474 e. The highest BCUT2D eigenvalue weighted by Gasteiger charge is 2.50. The van der Waals surface area contributed by atoms with Gasteiger partial charge in [-0.2, -0.15) is 0 Å². The summed E-state index contributed by atoms with van der Waals surface area (Å²) in [6, 6.07) is 2.30. The van der Waals surface area contributed by atoms with Gasteiger partial charge in [-0.1, -0.05) is 0 Å². The Labute approximate surface area is 117 Å². The van der Waals surface area contributed by atoms with Crippen LogP contribution in [0.3, 0.4) is 0 Å². The number of nitrogens with zero attached hydrogens (tertiary/aromatic N) is 3. The number of nitrogens with two attached hydrogens (primary N) is 1. The zero-order chi connectivity index (χ0) is 13.6. The van der Waals surface area contributed by atoms with Crippen LogP contribution >= 0.6 is 0 Å². The molecule has 110 valence electrons. The fraction of sp³-hybridized carbons (Fsp3) is 1.00. The molecule has 0 aromatic rings. The maximum absolute atomic E-state index is 6.23. The molecule has 4 nitrogen and oxygen atoms in total. The van der Waals surface area contributed by atoms with Crippen molar-refractivity contribution in [3.63, 3.8) is 0 Å². The van der Waals surface area contributed by atoms with Gasteiger partial charge in [-0.25, -0.2) is 0 Å². The minimum atomic E-state index is 0.257. The molecule has 2 aliphatic heterocycles. The van der Waals surface area contributed by atoms with Crippen molar-refractivity contribution in [1.29, 1.82) is 0 Å². The quantitative estimate of drug-likeness (QED) is 0.807. The lowest BCUT2D eigenvalue weighted by atomic mass is 9.94. The van der Waals surface area contributed by atoms with Crippen LogP contribution in [-0.4, -0.2) is 78.6 Å². The van der Waals surface area contributed by atoms with Crippen LogP contribution in [0.25, 0.3) is 0 Å². The van der Waals surface area contributed by atoms with E-state index in [1.807, 2.05) is 0 Å². The van der Waals surface area contributed by atoms with Crippen LogP contribution < -0.4 is 5.73 Å². The standard InChI is InChI=1S/C15H30N4/c1-12-8-15(10-16,11-19(12)13-4-5-13)18-7-6-14(9-18)17(2)3/h12-14H,4-11,16H2,1-3H3. The second-order valence-electron chi connectivity index (χ2n) is 7.24. The van der Waals surface area contributed by atoms with Crippen molar-refractivity contribution in [2.75, 3.05) is 40.3 Å². The van der Waals surface area contributed by atoms with Crippen molar-refractivity contribution in [3.05, 3.63) is 0 Å². The van der Waals surface area contributed by atoms with Crippen LogP contribution in [0.2, 0.25) is 0 Å². The molecule has 2 heterocycles. The van der Waals surface area contributed by atoms with E-state index in [0.717, 1.165) is 18.6 Å². The van der Waals surface area contributed by atoms with Gasteiger partial charge in [-0.15, -0.1) is 0 Å². The van der Waals surface area contributed by atoms with E-state index in [9.17, 15) is 0 Å². The van der Waals surface area contributed by atoms with Gasteiger partial charge in [0, 0.05) is 49.8 Å². The minimum Gasteiger partial charge on any atom is -0.329 e. The highest BCUT2D eigenvalue weighted by molar-refractivity contribution is 5.08. The monoisotopic (exact) mass is 266 g/mol. The van der Waals surface area contributed by atoms with Crippen LogP contribution in [0.1, 0.15) is 32.6 Å². The van der Waals surface area contributed by atoms with Crippen LogP contribution in [0, 0.1) is 0 Å². The zero-order valence-electron chi connectivity index (χ0n) is 12.8. The van der Waals surface area contributed by atoms with Gasteiger partial charge in [0.2, 0.25) is 0 Å². The van der Waals surface area contributed by atoms with Crippen LogP contribution in [-0.2, 0) is 0 Å². The molecule has 0 aromatic heterocycles. The molecule has 0 amide bonds. The first-order chi connectivity index (χ1) is 9.05. The molecule has 4 heteroatoms. The first kappa shape index (κ1) is 13.8. The van der Waals surface area contributed by atoms with Crippen molar-refractivity contribution < 1.29 is 0 Å². The van der Waals surface area contributed by atoms with E-state index in [4.69, 9.17) is 5.73 Å². The lowest BCUT2D eigenvalue weighted by Gasteiger charge is -2.38. The van der Waals surface area contributed by atoms with Gasteiger partial charge >= 0.3 is 0 Å². The number of hydrogen-bond donors (Lipinski definition) is 1. The van der Waals surface area contributed by atoms with E-state index in [-0.39, 0.29) is 5.54 Å². The molecule has 2 N–H and O–H groups in total. The Morgan fingerprint density at radius 3 is 2.53 bits per heavy atom. The maximum atomic E-state index is 6.23. The second kappa shape index (κ2) is 4.99. The van der Waals surface area contributed by atoms with Crippen molar-refractivity contribution >= 4 is 0 Å². The molecule has 3 unspecified atom stereocenters. The third-order valence-corrected chi connectivity index (χ3v) is 5.68. The number of likely N-dealkylation sites (tertiary alicyclic amines) is 2. The summed E-state index contributed by atoms with van der Waals surface area (Å²) >= 11 is 0. The summed E-state index contributed by atoms with van der Waals surface area (Å²) in [5.41, 5.74) is 6.49. The highest BCUT2D eigenvalue weighted by Crippen LogP contribution is 2.40. The van der Waals surface area contributed by atoms with Gasteiger partial charge in [-0.05, 0) is 46.7 Å². The summed E-state index contributed by atoms with van der Waals surface area (Å²) < 4.78 is 0. The van der Waals surface area contributed by atoms with Gasteiger partial charge in [0.25, 0.3) is 0 Å². The molecule has 1 saturated carbocycles. The summed E-state index contributed by atoms with van der Waals surface area (Å²) in [6.07, 6.45) is 5.38. The zero-order valence-corrected chi connectivity index (χ0v) is 12.8. The Morgan fingerprint density at radius 1 is 1.26 bits per heavy atom.